The van der Waals surface area contributed by atoms with E-state index >= 15 is 0 Å². The number of sulfonamides is 1. The van der Waals surface area contributed by atoms with Crippen molar-refractivity contribution in [3.05, 3.63) is 64.2 Å². The third-order valence-corrected chi connectivity index (χ3v) is 5.68. The second-order valence-electron chi connectivity index (χ2n) is 7.05. The fraction of sp³-hybridized carbons (Fsp3) is 0.300. The average Bonchev–Trinajstić information content (AvgIpc) is 2.65. The second kappa shape index (κ2) is 9.69. The van der Waals surface area contributed by atoms with Gasteiger partial charge in [-0.25, -0.2) is 13.8 Å². The molecular weight excluding hydrogens is 455 g/mol. The maximum atomic E-state index is 13.0. The summed E-state index contributed by atoms with van der Waals surface area (Å²) < 4.78 is 63.8. The van der Waals surface area contributed by atoms with E-state index in [1.54, 1.807) is 12.1 Å². The molecule has 168 valence electrons. The Hall–Kier alpha value is -2.59. The number of rotatable bonds is 7. The summed E-state index contributed by atoms with van der Waals surface area (Å²) >= 11 is 5.92. The monoisotopic (exact) mass is 475 g/mol. The smallest absolute Gasteiger partial charge is 0.271 e. The Bertz CT molecular complexity index is 1070. The molecule has 31 heavy (non-hydrogen) atoms. The first-order valence-corrected chi connectivity index (χ1v) is 11.3. The van der Waals surface area contributed by atoms with Gasteiger partial charge in [-0.1, -0.05) is 49.7 Å². The van der Waals surface area contributed by atoms with E-state index in [4.69, 9.17) is 11.6 Å². The number of hydrazone groups is 1. The summed E-state index contributed by atoms with van der Waals surface area (Å²) in [5.41, 5.74) is 2.44. The molecule has 1 N–H and O–H groups in total. The van der Waals surface area contributed by atoms with Crippen LogP contribution in [-0.4, -0.2) is 33.3 Å². The van der Waals surface area contributed by atoms with E-state index < -0.39 is 39.9 Å². The molecule has 11 heteroatoms. The minimum absolute atomic E-state index is 0.250. The molecule has 0 aromatic heterocycles. The van der Waals surface area contributed by atoms with Gasteiger partial charge >= 0.3 is 6.18 Å². The third kappa shape index (κ3) is 6.96. The molecule has 0 saturated heterocycles. The summed E-state index contributed by atoms with van der Waals surface area (Å²) in [5, 5.41) is 3.52. The number of carbonyl (C=O) groups excluding carboxylic acids is 1. The fourth-order valence-corrected chi connectivity index (χ4v) is 3.70. The number of amides is 1. The van der Waals surface area contributed by atoms with Crippen molar-refractivity contribution >= 4 is 39.4 Å². The molecule has 6 nitrogen and oxygen atoms in total. The Morgan fingerprint density at radius 1 is 1.19 bits per heavy atom. The molecular formula is C20H21ClF3N3O3S. The van der Waals surface area contributed by atoms with Crippen LogP contribution in [-0.2, 0) is 21.0 Å². The van der Waals surface area contributed by atoms with Gasteiger partial charge in [-0.3, -0.25) is 9.10 Å². The fourth-order valence-electron chi connectivity index (χ4n) is 2.57. The third-order valence-electron chi connectivity index (χ3n) is 4.24. The Morgan fingerprint density at radius 3 is 2.32 bits per heavy atom. The van der Waals surface area contributed by atoms with Crippen LogP contribution in [0.5, 0.6) is 0 Å². The van der Waals surface area contributed by atoms with Crippen molar-refractivity contribution in [1.82, 2.24) is 5.43 Å². The zero-order chi connectivity index (χ0) is 23.4. The first-order valence-electron chi connectivity index (χ1n) is 9.05. The molecule has 2 aromatic rings. The number of halogens is 4. The van der Waals surface area contributed by atoms with Crippen molar-refractivity contribution in [3.8, 4) is 0 Å². The maximum Gasteiger partial charge on any atom is 0.416 e. The number of alkyl halides is 3. The van der Waals surface area contributed by atoms with Gasteiger partial charge in [-0.2, -0.15) is 18.3 Å². The van der Waals surface area contributed by atoms with E-state index in [1.807, 2.05) is 26.0 Å². The van der Waals surface area contributed by atoms with E-state index in [1.165, 1.54) is 6.21 Å². The standard InChI is InChI=1S/C20H21ClF3N3O3S/c1-13(2)15-6-4-14(5-7-15)11-25-26-19(28)12-27(31(3,29)30)18-10-16(20(22,23)24)8-9-17(18)21/h4-11,13H,12H2,1-3H3,(H,26,28)/b25-11-. The van der Waals surface area contributed by atoms with Crippen LogP contribution in [0.3, 0.4) is 0 Å². The van der Waals surface area contributed by atoms with Crippen molar-refractivity contribution in [2.75, 3.05) is 17.1 Å². The predicted molar refractivity (Wildman–Crippen MR) is 115 cm³/mol. The van der Waals surface area contributed by atoms with Crippen molar-refractivity contribution in [1.29, 1.82) is 0 Å². The lowest BCUT2D eigenvalue weighted by molar-refractivity contribution is -0.137. The first kappa shape index (κ1) is 24.7. The molecule has 0 aliphatic carbocycles. The quantitative estimate of drug-likeness (QED) is 0.476. The zero-order valence-electron chi connectivity index (χ0n) is 16.9. The SMILES string of the molecule is CC(C)c1ccc(/C=N\NC(=O)CN(c2cc(C(F)(F)F)ccc2Cl)S(C)(=O)=O)cc1. The van der Waals surface area contributed by atoms with E-state index in [9.17, 15) is 26.4 Å². The first-order chi connectivity index (χ1) is 14.3. The Balaban J connectivity index is 2.18. The summed E-state index contributed by atoms with van der Waals surface area (Å²) in [5.74, 6) is -0.496. The Kier molecular flexibility index (Phi) is 7.72. The highest BCUT2D eigenvalue weighted by molar-refractivity contribution is 7.92. The molecule has 2 rings (SSSR count). The van der Waals surface area contributed by atoms with Crippen LogP contribution in [0.25, 0.3) is 0 Å². The predicted octanol–water partition coefficient (Wildman–Crippen LogP) is 4.40. The number of anilines is 1. The van der Waals surface area contributed by atoms with Crippen LogP contribution in [0.1, 0.15) is 36.5 Å². The average molecular weight is 476 g/mol. The Morgan fingerprint density at radius 2 is 1.81 bits per heavy atom. The molecule has 2 aromatic carbocycles. The van der Waals surface area contributed by atoms with Gasteiger partial charge in [0.05, 0.1) is 28.7 Å². The van der Waals surface area contributed by atoms with Gasteiger partial charge in [-0.05, 0) is 35.2 Å². The molecule has 0 radical (unpaired) electrons. The zero-order valence-corrected chi connectivity index (χ0v) is 18.5. The minimum Gasteiger partial charge on any atom is -0.271 e. The largest absolute Gasteiger partial charge is 0.416 e. The molecule has 0 unspecified atom stereocenters. The van der Waals surface area contributed by atoms with E-state index in [0.29, 0.717) is 21.9 Å². The highest BCUT2D eigenvalue weighted by Crippen LogP contribution is 2.36. The topological polar surface area (TPSA) is 78.8 Å². The van der Waals surface area contributed by atoms with Crippen LogP contribution in [0, 0.1) is 0 Å². The number of hydrogen-bond acceptors (Lipinski definition) is 4. The molecule has 0 aliphatic heterocycles. The lowest BCUT2D eigenvalue weighted by atomic mass is 10.0. The van der Waals surface area contributed by atoms with Gasteiger partial charge in [0, 0.05) is 0 Å². The number of nitrogens with one attached hydrogen (secondary N) is 1. The molecule has 0 fully saturated rings. The number of carbonyl (C=O) groups is 1. The minimum atomic E-state index is -4.71. The number of nitrogens with zero attached hydrogens (tertiary/aromatic N) is 2. The highest BCUT2D eigenvalue weighted by Gasteiger charge is 2.33. The molecule has 1 amide bonds. The van der Waals surface area contributed by atoms with Crippen molar-refractivity contribution in [2.45, 2.75) is 25.9 Å². The molecule has 0 heterocycles. The van der Waals surface area contributed by atoms with Gasteiger partial charge in [0.1, 0.15) is 6.54 Å². The normalized spacial score (nSPS) is 12.4. The van der Waals surface area contributed by atoms with Gasteiger partial charge in [-0.15, -0.1) is 0 Å². The molecule has 0 saturated carbocycles. The summed E-state index contributed by atoms with van der Waals surface area (Å²) in [4.78, 5) is 12.2. The van der Waals surface area contributed by atoms with Gasteiger partial charge < -0.3 is 0 Å². The van der Waals surface area contributed by atoms with Gasteiger partial charge in [0.15, 0.2) is 0 Å². The summed E-state index contributed by atoms with van der Waals surface area (Å²) in [6.45, 7) is 3.30. The van der Waals surface area contributed by atoms with Crippen LogP contribution in [0.4, 0.5) is 18.9 Å². The lowest BCUT2D eigenvalue weighted by Gasteiger charge is -2.23. The summed E-state index contributed by atoms with van der Waals surface area (Å²) in [7, 11) is -4.12. The lowest BCUT2D eigenvalue weighted by Crippen LogP contribution is -2.39. The second-order valence-corrected chi connectivity index (χ2v) is 9.36. The van der Waals surface area contributed by atoms with E-state index in [0.717, 1.165) is 24.0 Å². The van der Waals surface area contributed by atoms with Crippen molar-refractivity contribution in [3.63, 3.8) is 0 Å². The summed E-state index contributed by atoms with van der Waals surface area (Å²) in [6.07, 6.45) is -2.58. The molecule has 0 aliphatic rings. The summed E-state index contributed by atoms with van der Waals surface area (Å²) in [6, 6.07) is 9.66. The number of benzene rings is 2. The van der Waals surface area contributed by atoms with E-state index in [-0.39, 0.29) is 5.02 Å². The van der Waals surface area contributed by atoms with Crippen LogP contribution in [0.15, 0.2) is 47.6 Å². The molecule has 0 bridgehead atoms. The number of hydrogen-bond donors (Lipinski definition) is 1. The molecule has 0 spiro atoms. The van der Waals surface area contributed by atoms with Crippen LogP contribution < -0.4 is 9.73 Å². The van der Waals surface area contributed by atoms with Crippen molar-refractivity contribution < 1.29 is 26.4 Å². The van der Waals surface area contributed by atoms with Crippen molar-refractivity contribution in [2.24, 2.45) is 5.10 Å². The van der Waals surface area contributed by atoms with Crippen LogP contribution in [0.2, 0.25) is 5.02 Å². The van der Waals surface area contributed by atoms with Gasteiger partial charge in [0.2, 0.25) is 10.0 Å². The molecule has 0 atom stereocenters. The van der Waals surface area contributed by atoms with Gasteiger partial charge in [0.25, 0.3) is 5.91 Å². The maximum absolute atomic E-state index is 13.0. The van der Waals surface area contributed by atoms with E-state index in [2.05, 4.69) is 10.5 Å². The highest BCUT2D eigenvalue weighted by atomic mass is 35.5. The van der Waals surface area contributed by atoms with Crippen LogP contribution >= 0.6 is 11.6 Å². The Labute approximate surface area is 183 Å².